The number of rotatable bonds is 50. The molecule has 0 aromatic rings. The van der Waals surface area contributed by atoms with Crippen molar-refractivity contribution in [1.29, 1.82) is 0 Å². The molecule has 0 bridgehead atoms. The number of carbonyl (C=O) groups is 2. The van der Waals surface area contributed by atoms with Crippen LogP contribution in [0, 0.1) is 0 Å². The lowest BCUT2D eigenvalue weighted by atomic mass is 10.0. The Morgan fingerprint density at radius 2 is 0.823 bits per heavy atom. The van der Waals surface area contributed by atoms with Crippen molar-refractivity contribution in [3.63, 3.8) is 0 Å². The van der Waals surface area contributed by atoms with Crippen LogP contribution in [-0.2, 0) is 14.3 Å². The predicted octanol–water partition coefficient (Wildman–Crippen LogP) is 16.5. The molecule has 0 fully saturated rings. The first kappa shape index (κ1) is 60.1. The second-order valence-corrected chi connectivity index (χ2v) is 18.6. The summed E-state index contributed by atoms with van der Waals surface area (Å²) in [6.07, 6.45) is 63.1. The Morgan fingerprint density at radius 3 is 1.26 bits per heavy atom. The normalized spacial score (nSPS) is 12.9. The van der Waals surface area contributed by atoms with E-state index in [1.54, 1.807) is 6.08 Å². The summed E-state index contributed by atoms with van der Waals surface area (Å²) in [6.45, 7) is 4.84. The summed E-state index contributed by atoms with van der Waals surface area (Å²) in [6, 6.07) is -0.672. The summed E-state index contributed by atoms with van der Waals surface area (Å²) in [7, 11) is 0. The van der Waals surface area contributed by atoms with Gasteiger partial charge in [0.05, 0.1) is 25.4 Å². The van der Waals surface area contributed by atoms with Crippen LogP contribution in [0.15, 0.2) is 36.5 Å². The van der Waals surface area contributed by atoms with Crippen LogP contribution in [-0.4, -0.2) is 47.4 Å². The third-order valence-corrected chi connectivity index (χ3v) is 12.4. The zero-order chi connectivity index (χ0) is 45.1. The predicted molar refractivity (Wildman–Crippen MR) is 269 cm³/mol. The van der Waals surface area contributed by atoms with Gasteiger partial charge in [-0.05, 0) is 51.4 Å². The van der Waals surface area contributed by atoms with Gasteiger partial charge in [0.2, 0.25) is 5.91 Å². The van der Waals surface area contributed by atoms with Gasteiger partial charge in [-0.2, -0.15) is 0 Å². The highest BCUT2D eigenvalue weighted by molar-refractivity contribution is 5.76. The van der Waals surface area contributed by atoms with E-state index in [9.17, 15) is 19.8 Å². The zero-order valence-corrected chi connectivity index (χ0v) is 41.4. The van der Waals surface area contributed by atoms with E-state index in [4.69, 9.17) is 4.74 Å². The molecule has 364 valence electrons. The molecule has 0 spiro atoms. The van der Waals surface area contributed by atoms with E-state index < -0.39 is 12.1 Å². The molecule has 0 aliphatic carbocycles. The fourth-order valence-electron chi connectivity index (χ4n) is 8.21. The fraction of sp³-hybridized carbons (Fsp3) is 0.857. The fourth-order valence-corrected chi connectivity index (χ4v) is 8.21. The maximum Gasteiger partial charge on any atom is 0.305 e. The molecule has 3 N–H and O–H groups in total. The molecule has 0 aromatic carbocycles. The van der Waals surface area contributed by atoms with Gasteiger partial charge in [-0.15, -0.1) is 0 Å². The molecule has 1 amide bonds. The van der Waals surface area contributed by atoms with E-state index >= 15 is 0 Å². The average molecular weight is 872 g/mol. The maximum atomic E-state index is 12.4. The summed E-state index contributed by atoms with van der Waals surface area (Å²) in [5.41, 5.74) is 0. The molecule has 2 atom stereocenters. The Hall–Kier alpha value is -1.92. The van der Waals surface area contributed by atoms with Crippen molar-refractivity contribution in [2.75, 3.05) is 13.2 Å². The smallest absolute Gasteiger partial charge is 0.305 e. The minimum absolute atomic E-state index is 0.0189. The van der Waals surface area contributed by atoms with Gasteiger partial charge in [0.25, 0.3) is 0 Å². The van der Waals surface area contributed by atoms with E-state index in [-0.39, 0.29) is 18.5 Å². The molecule has 0 radical (unpaired) electrons. The molecule has 0 aromatic heterocycles. The SMILES string of the molecule is CCCCCCCCCCCCCCCCCCCCC/C=C/C(O)C(CO)NC(=O)CC/C=C\C/C=C\CCCCCCCCOC(=O)CCCCCCCCCCCCC. The first-order valence-corrected chi connectivity index (χ1v) is 27.3. The van der Waals surface area contributed by atoms with E-state index in [1.807, 2.05) is 12.2 Å². The Kier molecular flexibility index (Phi) is 50.1. The highest BCUT2D eigenvalue weighted by Gasteiger charge is 2.17. The van der Waals surface area contributed by atoms with Crippen molar-refractivity contribution in [3.8, 4) is 0 Å². The van der Waals surface area contributed by atoms with Crippen LogP contribution < -0.4 is 5.32 Å². The largest absolute Gasteiger partial charge is 0.466 e. The Morgan fingerprint density at radius 1 is 0.452 bits per heavy atom. The quantitative estimate of drug-likeness (QED) is 0.0321. The van der Waals surface area contributed by atoms with Gasteiger partial charge in [0.15, 0.2) is 0 Å². The first-order chi connectivity index (χ1) is 30.5. The molecule has 62 heavy (non-hydrogen) atoms. The molecule has 0 saturated heterocycles. The van der Waals surface area contributed by atoms with Crippen LogP contribution in [0.2, 0.25) is 0 Å². The number of aliphatic hydroxyl groups is 2. The minimum atomic E-state index is -0.879. The van der Waals surface area contributed by atoms with Crippen molar-refractivity contribution < 1.29 is 24.5 Å². The van der Waals surface area contributed by atoms with Gasteiger partial charge >= 0.3 is 5.97 Å². The number of amides is 1. The number of hydrogen-bond donors (Lipinski definition) is 3. The Bertz CT molecular complexity index is 1010. The zero-order valence-electron chi connectivity index (χ0n) is 41.4. The average Bonchev–Trinajstić information content (AvgIpc) is 3.27. The van der Waals surface area contributed by atoms with Gasteiger partial charge in [0, 0.05) is 12.8 Å². The number of carbonyl (C=O) groups excluding carboxylic acids is 2. The van der Waals surface area contributed by atoms with Crippen LogP contribution in [0.25, 0.3) is 0 Å². The molecule has 2 unspecified atom stereocenters. The van der Waals surface area contributed by atoms with Gasteiger partial charge in [0.1, 0.15) is 0 Å². The van der Waals surface area contributed by atoms with Crippen LogP contribution in [0.1, 0.15) is 284 Å². The molecule has 0 aliphatic rings. The number of aliphatic hydroxyl groups excluding tert-OH is 2. The van der Waals surface area contributed by atoms with Crippen LogP contribution in [0.4, 0.5) is 0 Å². The van der Waals surface area contributed by atoms with Crippen LogP contribution in [0.3, 0.4) is 0 Å². The van der Waals surface area contributed by atoms with Crippen molar-refractivity contribution in [1.82, 2.24) is 5.32 Å². The number of allylic oxidation sites excluding steroid dienone is 5. The number of unbranched alkanes of at least 4 members (excludes halogenated alkanes) is 35. The van der Waals surface area contributed by atoms with E-state index in [2.05, 4.69) is 37.4 Å². The summed E-state index contributed by atoms with van der Waals surface area (Å²) in [5, 5.41) is 23.1. The number of hydrogen-bond acceptors (Lipinski definition) is 5. The number of nitrogens with one attached hydrogen (secondary N) is 1. The van der Waals surface area contributed by atoms with Gasteiger partial charge in [-0.3, -0.25) is 9.59 Å². The maximum absolute atomic E-state index is 12.4. The number of esters is 1. The molecule has 0 heterocycles. The van der Waals surface area contributed by atoms with Gasteiger partial charge in [-0.25, -0.2) is 0 Å². The third kappa shape index (κ3) is 47.6. The lowest BCUT2D eigenvalue weighted by Gasteiger charge is -2.19. The Balaban J connectivity index is 3.59. The van der Waals surface area contributed by atoms with Crippen LogP contribution >= 0.6 is 0 Å². The van der Waals surface area contributed by atoms with E-state index in [1.165, 1.54) is 199 Å². The molecule has 0 saturated carbocycles. The summed E-state index contributed by atoms with van der Waals surface area (Å²) in [4.78, 5) is 24.4. The van der Waals surface area contributed by atoms with Crippen molar-refractivity contribution >= 4 is 11.9 Å². The Labute approximate surface area is 385 Å². The van der Waals surface area contributed by atoms with Crippen molar-refractivity contribution in [2.45, 2.75) is 296 Å². The molecular formula is C56H105NO5. The molecule has 6 heteroatoms. The highest BCUT2D eigenvalue weighted by Crippen LogP contribution is 2.16. The topological polar surface area (TPSA) is 95.9 Å². The summed E-state index contributed by atoms with van der Waals surface area (Å²) < 4.78 is 5.43. The minimum Gasteiger partial charge on any atom is -0.466 e. The second kappa shape index (κ2) is 51.7. The summed E-state index contributed by atoms with van der Waals surface area (Å²) in [5.74, 6) is -0.166. The third-order valence-electron chi connectivity index (χ3n) is 12.4. The monoisotopic (exact) mass is 872 g/mol. The van der Waals surface area contributed by atoms with E-state index in [0.717, 1.165) is 51.4 Å². The number of ether oxygens (including phenoxy) is 1. The molecule has 6 nitrogen and oxygen atoms in total. The summed E-state index contributed by atoms with van der Waals surface area (Å²) >= 11 is 0. The highest BCUT2D eigenvalue weighted by atomic mass is 16.5. The lowest BCUT2D eigenvalue weighted by molar-refractivity contribution is -0.143. The van der Waals surface area contributed by atoms with Crippen molar-refractivity contribution in [2.24, 2.45) is 0 Å². The lowest BCUT2D eigenvalue weighted by Crippen LogP contribution is -2.45. The first-order valence-electron chi connectivity index (χ1n) is 27.3. The molecule has 0 aliphatic heterocycles. The van der Waals surface area contributed by atoms with Gasteiger partial charge < -0.3 is 20.3 Å². The van der Waals surface area contributed by atoms with E-state index in [0.29, 0.717) is 25.9 Å². The van der Waals surface area contributed by atoms with Gasteiger partial charge in [-0.1, -0.05) is 256 Å². The second-order valence-electron chi connectivity index (χ2n) is 18.6. The van der Waals surface area contributed by atoms with Crippen molar-refractivity contribution in [3.05, 3.63) is 36.5 Å². The van der Waals surface area contributed by atoms with Crippen LogP contribution in [0.5, 0.6) is 0 Å². The molecule has 0 rings (SSSR count). The molecular weight excluding hydrogens is 767 g/mol. The standard InChI is InChI=1S/C56H105NO5/c1-3-5-7-9-11-13-15-16-17-18-19-20-21-22-23-25-29-32-36-40-44-48-54(59)53(52-58)57-55(60)49-45-41-37-33-30-26-24-27-31-35-39-43-47-51-62-56(61)50-46-42-38-34-28-14-12-10-8-6-4-2/h26,30,37,41,44,48,53-54,58-59H,3-25,27-29,31-36,38-40,42-43,45-47,49-52H2,1-2H3,(H,57,60)/b30-26-,41-37-,48-44+.